The molecular formula is C35H41FN6O2. The molecule has 4 aromatic rings. The van der Waals surface area contributed by atoms with Crippen LogP contribution in [0.5, 0.6) is 11.8 Å². The Morgan fingerprint density at radius 3 is 2.61 bits per heavy atom. The maximum absolute atomic E-state index is 16.9. The Kier molecular flexibility index (Phi) is 6.86. The zero-order valence-corrected chi connectivity index (χ0v) is 25.7. The normalized spacial score (nSPS) is 22.4. The van der Waals surface area contributed by atoms with Crippen molar-refractivity contribution in [3.05, 3.63) is 47.4 Å². The summed E-state index contributed by atoms with van der Waals surface area (Å²) in [7, 11) is 4.19. The van der Waals surface area contributed by atoms with Crippen LogP contribution in [-0.4, -0.2) is 77.4 Å². The van der Waals surface area contributed by atoms with Gasteiger partial charge in [-0.25, -0.2) is 4.39 Å². The molecule has 0 radical (unpaired) electrons. The van der Waals surface area contributed by atoms with E-state index in [0.29, 0.717) is 35.5 Å². The minimum atomic E-state index is -0.499. The molecule has 9 heteroatoms. The van der Waals surface area contributed by atoms with E-state index in [4.69, 9.17) is 19.7 Å². The Morgan fingerprint density at radius 1 is 1.07 bits per heavy atom. The highest BCUT2D eigenvalue weighted by molar-refractivity contribution is 6.02. The number of pyridine rings is 1. The number of phenols is 1. The number of rotatable bonds is 7. The lowest BCUT2D eigenvalue weighted by Crippen LogP contribution is -2.51. The minimum Gasteiger partial charge on any atom is -0.508 e. The molecule has 1 saturated carbocycles. The van der Waals surface area contributed by atoms with Crippen LogP contribution >= 0.6 is 0 Å². The molecule has 230 valence electrons. The van der Waals surface area contributed by atoms with Gasteiger partial charge in [0.1, 0.15) is 22.8 Å². The molecule has 4 aliphatic rings. The maximum Gasteiger partial charge on any atom is 0.319 e. The molecule has 2 aromatic heterocycles. The third kappa shape index (κ3) is 4.85. The number of benzene rings is 2. The monoisotopic (exact) mass is 596 g/mol. The van der Waals surface area contributed by atoms with E-state index in [1.165, 1.54) is 17.5 Å². The van der Waals surface area contributed by atoms with Crippen LogP contribution in [0.2, 0.25) is 0 Å². The smallest absolute Gasteiger partial charge is 0.319 e. The zero-order valence-electron chi connectivity index (χ0n) is 25.7. The molecule has 2 N–H and O–H groups in total. The highest BCUT2D eigenvalue weighted by Crippen LogP contribution is 2.43. The number of hydrogen-bond donors (Lipinski definition) is 2. The molecule has 8 rings (SSSR count). The molecule has 2 aliphatic heterocycles. The average molecular weight is 597 g/mol. The largest absolute Gasteiger partial charge is 0.508 e. The number of anilines is 1. The molecule has 0 amide bonds. The number of phenolic OH excluding ortho intramolecular Hbond substituents is 1. The summed E-state index contributed by atoms with van der Waals surface area (Å²) in [5, 5.41) is 16.9. The van der Waals surface area contributed by atoms with Crippen molar-refractivity contribution in [3.8, 4) is 23.0 Å². The SMILES string of the molecule is CN(C)CC1(COc2nc(N3CC4CCC(C3)N4)c3cnc(-c4cc(O)cc5ccc6c(c45)CCCC6)c(F)c3n2)CCC1. The molecule has 8 nitrogen and oxygen atoms in total. The second-order valence-corrected chi connectivity index (χ2v) is 13.9. The predicted molar refractivity (Wildman–Crippen MR) is 171 cm³/mol. The van der Waals surface area contributed by atoms with Crippen LogP contribution in [0.25, 0.3) is 32.9 Å². The van der Waals surface area contributed by atoms with Crippen molar-refractivity contribution in [2.24, 2.45) is 5.41 Å². The van der Waals surface area contributed by atoms with Gasteiger partial charge in [0.25, 0.3) is 0 Å². The van der Waals surface area contributed by atoms with Crippen molar-refractivity contribution in [2.45, 2.75) is 69.9 Å². The number of aryl methyl sites for hydroxylation is 2. The van der Waals surface area contributed by atoms with Gasteiger partial charge in [-0.05, 0) is 99.5 Å². The molecular weight excluding hydrogens is 555 g/mol. The van der Waals surface area contributed by atoms with Crippen molar-refractivity contribution in [1.29, 1.82) is 0 Å². The minimum absolute atomic E-state index is 0.0671. The first-order valence-corrected chi connectivity index (χ1v) is 16.3. The van der Waals surface area contributed by atoms with Gasteiger partial charge in [-0.3, -0.25) is 4.98 Å². The van der Waals surface area contributed by atoms with Crippen LogP contribution < -0.4 is 15.0 Å². The number of hydrogen-bond acceptors (Lipinski definition) is 8. The molecule has 4 heterocycles. The van der Waals surface area contributed by atoms with Crippen LogP contribution in [0.3, 0.4) is 0 Å². The first-order chi connectivity index (χ1) is 21.4. The molecule has 3 fully saturated rings. The van der Waals surface area contributed by atoms with Crippen molar-refractivity contribution in [1.82, 2.24) is 25.2 Å². The second-order valence-electron chi connectivity index (χ2n) is 13.9. The van der Waals surface area contributed by atoms with E-state index in [1.807, 2.05) is 6.07 Å². The Morgan fingerprint density at radius 2 is 1.86 bits per heavy atom. The number of nitrogens with zero attached hydrogens (tertiary/aromatic N) is 5. The van der Waals surface area contributed by atoms with Gasteiger partial charge in [0.2, 0.25) is 0 Å². The van der Waals surface area contributed by atoms with Gasteiger partial charge < -0.3 is 25.0 Å². The average Bonchev–Trinajstić information content (AvgIpc) is 3.34. The van der Waals surface area contributed by atoms with Gasteiger partial charge in [-0.2, -0.15) is 9.97 Å². The molecule has 2 unspecified atom stereocenters. The molecule has 2 aromatic carbocycles. The number of halogens is 1. The van der Waals surface area contributed by atoms with Crippen molar-refractivity contribution < 1.29 is 14.2 Å². The first-order valence-electron chi connectivity index (χ1n) is 16.3. The van der Waals surface area contributed by atoms with Gasteiger partial charge in [0.15, 0.2) is 5.82 Å². The van der Waals surface area contributed by atoms with Crippen LogP contribution in [-0.2, 0) is 12.8 Å². The lowest BCUT2D eigenvalue weighted by atomic mass is 9.69. The first kappa shape index (κ1) is 28.0. The van der Waals surface area contributed by atoms with E-state index in [0.717, 1.165) is 81.8 Å². The number of ether oxygens (including phenoxy) is 1. The fourth-order valence-electron chi connectivity index (χ4n) is 8.29. The standard InChI is InChI=1S/C35H41FN6O2/c1-41(2)19-35(12-5-13-35)20-44-34-39-32-28(33(40-34)42-17-23-10-11-24(18-42)38-23)16-37-31(30(32)36)27-15-25(43)14-22-9-8-21-6-3-4-7-26(21)29(22)27/h8-9,14-16,23-24,38,43H,3-7,10-13,17-20H2,1-2H3. The summed E-state index contributed by atoms with van der Waals surface area (Å²) in [6.07, 6.45) is 11.6. The topological polar surface area (TPSA) is 86.6 Å². The van der Waals surface area contributed by atoms with E-state index in [1.54, 1.807) is 18.3 Å². The van der Waals surface area contributed by atoms with E-state index in [2.05, 4.69) is 35.3 Å². The van der Waals surface area contributed by atoms with E-state index in [9.17, 15) is 5.11 Å². The van der Waals surface area contributed by atoms with Crippen LogP contribution in [0.1, 0.15) is 56.1 Å². The van der Waals surface area contributed by atoms with Crippen molar-refractivity contribution >= 4 is 27.5 Å². The van der Waals surface area contributed by atoms with Crippen molar-refractivity contribution in [2.75, 3.05) is 45.2 Å². The molecule has 44 heavy (non-hydrogen) atoms. The van der Waals surface area contributed by atoms with Gasteiger partial charge in [-0.1, -0.05) is 18.6 Å². The fourth-order valence-corrected chi connectivity index (χ4v) is 8.29. The zero-order chi connectivity index (χ0) is 30.0. The number of piperazine rings is 1. The highest BCUT2D eigenvalue weighted by Gasteiger charge is 2.39. The van der Waals surface area contributed by atoms with Gasteiger partial charge in [0, 0.05) is 48.9 Å². The Hall–Kier alpha value is -3.56. The molecule has 0 spiro atoms. The predicted octanol–water partition coefficient (Wildman–Crippen LogP) is 5.62. The van der Waals surface area contributed by atoms with Crippen LogP contribution in [0.15, 0.2) is 30.5 Å². The third-order valence-corrected chi connectivity index (χ3v) is 10.4. The molecule has 2 aliphatic carbocycles. The highest BCUT2D eigenvalue weighted by atomic mass is 19.1. The van der Waals surface area contributed by atoms with Gasteiger partial charge in [-0.15, -0.1) is 0 Å². The van der Waals surface area contributed by atoms with Gasteiger partial charge in [0.05, 0.1) is 12.0 Å². The number of aromatic nitrogens is 3. The molecule has 2 atom stereocenters. The van der Waals surface area contributed by atoms with Gasteiger partial charge >= 0.3 is 6.01 Å². The maximum atomic E-state index is 16.9. The van der Waals surface area contributed by atoms with Crippen LogP contribution in [0.4, 0.5) is 10.2 Å². The lowest BCUT2D eigenvalue weighted by Gasteiger charge is -2.43. The number of fused-ring (bicyclic) bond motifs is 6. The lowest BCUT2D eigenvalue weighted by molar-refractivity contribution is 0.0279. The summed E-state index contributed by atoms with van der Waals surface area (Å²) in [4.78, 5) is 18.9. The summed E-state index contributed by atoms with van der Waals surface area (Å²) in [6, 6.07) is 8.62. The molecule has 2 bridgehead atoms. The second kappa shape index (κ2) is 10.8. The Balaban J connectivity index is 1.27. The molecule has 2 saturated heterocycles. The Bertz CT molecular complexity index is 1740. The summed E-state index contributed by atoms with van der Waals surface area (Å²) in [6.45, 7) is 3.05. The Labute approximate surface area is 257 Å². The summed E-state index contributed by atoms with van der Waals surface area (Å²) >= 11 is 0. The van der Waals surface area contributed by atoms with Crippen LogP contribution in [0, 0.1) is 11.2 Å². The van der Waals surface area contributed by atoms with E-state index in [-0.39, 0.29) is 28.4 Å². The third-order valence-electron chi connectivity index (χ3n) is 10.4. The summed E-state index contributed by atoms with van der Waals surface area (Å²) in [5.74, 6) is 0.288. The number of nitrogens with one attached hydrogen (secondary N) is 1. The fraction of sp³-hybridized carbons (Fsp3) is 0.514. The quantitative estimate of drug-likeness (QED) is 0.284. The van der Waals surface area contributed by atoms with Crippen molar-refractivity contribution in [3.63, 3.8) is 0 Å². The van der Waals surface area contributed by atoms with E-state index >= 15 is 4.39 Å². The summed E-state index contributed by atoms with van der Waals surface area (Å²) in [5.41, 5.74) is 3.64. The van der Waals surface area contributed by atoms with E-state index < -0.39 is 5.82 Å². The summed E-state index contributed by atoms with van der Waals surface area (Å²) < 4.78 is 23.3. The number of aromatic hydroxyl groups is 1.